The van der Waals surface area contributed by atoms with Crippen LogP contribution in [0.5, 0.6) is 11.5 Å². The van der Waals surface area contributed by atoms with Gasteiger partial charge in [0.25, 0.3) is 11.8 Å². The van der Waals surface area contributed by atoms with E-state index in [9.17, 15) is 23.9 Å². The number of anilines is 1. The summed E-state index contributed by atoms with van der Waals surface area (Å²) in [6.07, 6.45) is 2.39. The zero-order chi connectivity index (χ0) is 34.3. The second-order valence-corrected chi connectivity index (χ2v) is 14.4. The third kappa shape index (κ3) is 4.56. The normalized spacial score (nSPS) is 28.2. The summed E-state index contributed by atoms with van der Waals surface area (Å²) < 4.78 is 19.3. The van der Waals surface area contributed by atoms with Crippen LogP contribution >= 0.6 is 11.6 Å². The standard InChI is InChI=1S/C37H35ClFN3O6/c1-36(2,3)41-32(44)25-15-14-24-26(30(25)34(41)46)18-27-33(45)42(40-23-12-10-22(39)11-13-23)35(47)37(27,20-6-8-21(38)9-7-20)31(24)19-5-16-28(43)29(17-19)48-4/h5-14,16-17,25-27,30-31,40,43H,15,18H2,1-4H3. The average molecular weight is 672 g/mol. The lowest BCUT2D eigenvalue weighted by atomic mass is 9.49. The number of carbonyl (C=O) groups is 4. The van der Waals surface area contributed by atoms with Crippen LogP contribution in [0.15, 0.2) is 78.4 Å². The van der Waals surface area contributed by atoms with Gasteiger partial charge in [-0.25, -0.2) is 4.39 Å². The molecule has 48 heavy (non-hydrogen) atoms. The van der Waals surface area contributed by atoms with E-state index in [4.69, 9.17) is 16.3 Å². The molecule has 248 valence electrons. The van der Waals surface area contributed by atoms with Gasteiger partial charge in [0.15, 0.2) is 11.5 Å². The number of fused-ring (bicyclic) bond motifs is 4. The Kier molecular flexibility index (Phi) is 7.43. The van der Waals surface area contributed by atoms with Gasteiger partial charge in [0, 0.05) is 16.5 Å². The van der Waals surface area contributed by atoms with Crippen LogP contribution in [0.1, 0.15) is 50.7 Å². The number of carbonyl (C=O) groups excluding carboxylic acids is 4. The first kappa shape index (κ1) is 31.9. The van der Waals surface area contributed by atoms with Gasteiger partial charge in [0.2, 0.25) is 11.8 Å². The average Bonchev–Trinajstić information content (AvgIpc) is 3.44. The van der Waals surface area contributed by atoms with Gasteiger partial charge in [-0.2, -0.15) is 5.01 Å². The molecule has 0 radical (unpaired) electrons. The predicted molar refractivity (Wildman–Crippen MR) is 175 cm³/mol. The maximum absolute atomic E-state index is 15.1. The first-order chi connectivity index (χ1) is 22.8. The Labute approximate surface area is 282 Å². The van der Waals surface area contributed by atoms with E-state index in [1.54, 1.807) is 36.4 Å². The number of phenols is 1. The number of methoxy groups -OCH3 is 1. The van der Waals surface area contributed by atoms with Crippen LogP contribution in [-0.4, -0.2) is 51.3 Å². The number of rotatable bonds is 5. The van der Waals surface area contributed by atoms with Crippen molar-refractivity contribution >= 4 is 40.9 Å². The number of imide groups is 2. The van der Waals surface area contributed by atoms with Crippen LogP contribution in [0.3, 0.4) is 0 Å². The molecule has 0 aromatic heterocycles. The van der Waals surface area contributed by atoms with Gasteiger partial charge in [-0.1, -0.05) is 41.4 Å². The highest BCUT2D eigenvalue weighted by Crippen LogP contribution is 2.64. The van der Waals surface area contributed by atoms with Crippen LogP contribution in [0.4, 0.5) is 10.1 Å². The van der Waals surface area contributed by atoms with E-state index >= 15 is 4.79 Å². The topological polar surface area (TPSA) is 116 Å². The van der Waals surface area contributed by atoms with Crippen molar-refractivity contribution in [2.45, 2.75) is 50.5 Å². The third-order valence-corrected chi connectivity index (χ3v) is 10.7. The van der Waals surface area contributed by atoms with Crippen molar-refractivity contribution in [1.82, 2.24) is 9.91 Å². The Bertz CT molecular complexity index is 1890. The molecule has 0 bridgehead atoms. The lowest BCUT2D eigenvalue weighted by molar-refractivity contribution is -0.146. The molecule has 6 atom stereocenters. The molecule has 6 unspecified atom stereocenters. The van der Waals surface area contributed by atoms with Gasteiger partial charge in [-0.3, -0.25) is 29.5 Å². The minimum atomic E-state index is -1.53. The molecule has 2 aliphatic heterocycles. The Balaban J connectivity index is 1.47. The van der Waals surface area contributed by atoms with E-state index in [0.29, 0.717) is 28.3 Å². The van der Waals surface area contributed by atoms with E-state index in [2.05, 4.69) is 5.43 Å². The third-order valence-electron chi connectivity index (χ3n) is 10.5. The summed E-state index contributed by atoms with van der Waals surface area (Å²) in [6.45, 7) is 5.47. The number of nitrogens with one attached hydrogen (secondary N) is 1. The van der Waals surface area contributed by atoms with Crippen molar-refractivity contribution in [2.24, 2.45) is 23.7 Å². The van der Waals surface area contributed by atoms with Crippen molar-refractivity contribution < 1.29 is 33.4 Å². The highest BCUT2D eigenvalue weighted by Gasteiger charge is 2.70. The van der Waals surface area contributed by atoms with Gasteiger partial charge < -0.3 is 9.84 Å². The number of ether oxygens (including phenoxy) is 1. The number of amides is 4. The van der Waals surface area contributed by atoms with Crippen LogP contribution < -0.4 is 10.2 Å². The van der Waals surface area contributed by atoms with Gasteiger partial charge in [0.1, 0.15) is 5.82 Å². The number of benzene rings is 3. The molecular weight excluding hydrogens is 637 g/mol. The molecule has 2 heterocycles. The minimum absolute atomic E-state index is 0.103. The SMILES string of the molecule is COc1cc(C2C3=CCC4C(=O)N(C(C)(C)C)C(=O)C4C3CC3C(=O)N(Nc4ccc(F)cc4)C(=O)C32c2ccc(Cl)cc2)ccc1O. The molecule has 2 saturated heterocycles. The molecule has 9 nitrogen and oxygen atoms in total. The van der Waals surface area contributed by atoms with Crippen LogP contribution in [-0.2, 0) is 24.6 Å². The van der Waals surface area contributed by atoms with Crippen LogP contribution in [0.2, 0.25) is 5.02 Å². The summed E-state index contributed by atoms with van der Waals surface area (Å²) in [5.74, 6) is -5.60. The van der Waals surface area contributed by atoms with Crippen molar-refractivity contribution in [2.75, 3.05) is 12.5 Å². The zero-order valence-electron chi connectivity index (χ0n) is 26.9. The summed E-state index contributed by atoms with van der Waals surface area (Å²) in [6, 6.07) is 17.0. The molecule has 3 fully saturated rings. The fraction of sp³-hybridized carbons (Fsp3) is 0.351. The highest BCUT2D eigenvalue weighted by molar-refractivity contribution is 6.30. The fourth-order valence-corrected chi connectivity index (χ4v) is 8.69. The molecule has 4 amide bonds. The smallest absolute Gasteiger partial charge is 0.260 e. The number of hydrogen-bond donors (Lipinski definition) is 2. The first-order valence-electron chi connectivity index (χ1n) is 15.9. The Morgan fingerprint density at radius 3 is 2.27 bits per heavy atom. The zero-order valence-corrected chi connectivity index (χ0v) is 27.6. The molecule has 11 heteroatoms. The lowest BCUT2D eigenvalue weighted by Gasteiger charge is -2.50. The fourth-order valence-electron chi connectivity index (χ4n) is 8.57. The number of aromatic hydroxyl groups is 1. The maximum atomic E-state index is 15.1. The second-order valence-electron chi connectivity index (χ2n) is 14.0. The summed E-state index contributed by atoms with van der Waals surface area (Å²) >= 11 is 6.33. The molecule has 0 spiro atoms. The quantitative estimate of drug-likeness (QED) is 0.253. The number of phenolic OH excluding ortho intramolecular Hbond substituents is 1. The molecular formula is C37H35ClFN3O6. The molecule has 2 N–H and O–H groups in total. The van der Waals surface area contributed by atoms with E-state index in [1.165, 1.54) is 42.3 Å². The summed E-state index contributed by atoms with van der Waals surface area (Å²) in [7, 11) is 1.42. The van der Waals surface area contributed by atoms with E-state index in [1.807, 2.05) is 26.8 Å². The summed E-state index contributed by atoms with van der Waals surface area (Å²) in [5.41, 5.74) is 2.90. The Hall–Kier alpha value is -4.70. The molecule has 3 aromatic rings. The van der Waals surface area contributed by atoms with Gasteiger partial charge in [0.05, 0.1) is 36.0 Å². The van der Waals surface area contributed by atoms with E-state index in [0.717, 1.165) is 10.6 Å². The molecule has 3 aromatic carbocycles. The van der Waals surface area contributed by atoms with Gasteiger partial charge >= 0.3 is 0 Å². The predicted octanol–water partition coefficient (Wildman–Crippen LogP) is 5.98. The van der Waals surface area contributed by atoms with Crippen LogP contribution in [0, 0.1) is 29.5 Å². The largest absolute Gasteiger partial charge is 0.504 e. The van der Waals surface area contributed by atoms with Gasteiger partial charge in [-0.05, 0) is 99.2 Å². The minimum Gasteiger partial charge on any atom is -0.504 e. The van der Waals surface area contributed by atoms with E-state index in [-0.39, 0.29) is 29.7 Å². The lowest BCUT2D eigenvalue weighted by Crippen LogP contribution is -2.53. The Morgan fingerprint density at radius 1 is 0.938 bits per heavy atom. The number of halogens is 2. The summed E-state index contributed by atoms with van der Waals surface area (Å²) in [4.78, 5) is 59.1. The molecule has 1 saturated carbocycles. The number of hydrogen-bond acceptors (Lipinski definition) is 7. The highest BCUT2D eigenvalue weighted by atomic mass is 35.5. The molecule has 2 aliphatic carbocycles. The molecule has 4 aliphatic rings. The van der Waals surface area contributed by atoms with Crippen molar-refractivity contribution in [3.63, 3.8) is 0 Å². The van der Waals surface area contributed by atoms with Crippen molar-refractivity contribution in [3.8, 4) is 11.5 Å². The van der Waals surface area contributed by atoms with Gasteiger partial charge in [-0.15, -0.1) is 0 Å². The van der Waals surface area contributed by atoms with Crippen molar-refractivity contribution in [3.05, 3.63) is 100 Å². The number of hydrazine groups is 1. The second kappa shape index (κ2) is 11.2. The number of nitrogens with zero attached hydrogens (tertiary/aromatic N) is 2. The van der Waals surface area contributed by atoms with Crippen molar-refractivity contribution in [1.29, 1.82) is 0 Å². The van der Waals surface area contributed by atoms with Crippen LogP contribution in [0.25, 0.3) is 0 Å². The monoisotopic (exact) mass is 671 g/mol. The first-order valence-corrected chi connectivity index (χ1v) is 16.3. The summed E-state index contributed by atoms with van der Waals surface area (Å²) in [5, 5.41) is 12.0. The Morgan fingerprint density at radius 2 is 1.62 bits per heavy atom. The number of allylic oxidation sites excluding steroid dienone is 2. The maximum Gasteiger partial charge on any atom is 0.260 e. The molecule has 7 rings (SSSR count). The van der Waals surface area contributed by atoms with E-state index < -0.39 is 58.2 Å². The number of likely N-dealkylation sites (tertiary alicyclic amines) is 1.